The zero-order valence-corrected chi connectivity index (χ0v) is 9.90. The lowest BCUT2D eigenvalue weighted by Crippen LogP contribution is -1.86. The second kappa shape index (κ2) is 4.31. The van der Waals surface area contributed by atoms with Gasteiger partial charge in [0.25, 0.3) is 0 Å². The Labute approximate surface area is 101 Å². The number of thiazole rings is 1. The van der Waals surface area contributed by atoms with E-state index < -0.39 is 0 Å². The van der Waals surface area contributed by atoms with Crippen LogP contribution >= 0.6 is 22.9 Å². The predicted octanol–water partition coefficient (Wildman–Crippen LogP) is 3.81. The second-order valence-electron chi connectivity index (χ2n) is 3.20. The van der Waals surface area contributed by atoms with Gasteiger partial charge in [-0.3, -0.25) is 4.79 Å². The standard InChI is InChI=1S/C11H7ClFNOS/c1-6(15)9-10(12)14-11(16-9)7-2-4-8(13)5-3-7/h2-5H,1H3. The maximum atomic E-state index is 12.7. The molecule has 1 aromatic heterocycles. The van der Waals surface area contributed by atoms with Gasteiger partial charge < -0.3 is 0 Å². The van der Waals surface area contributed by atoms with Crippen molar-refractivity contribution in [3.05, 3.63) is 40.1 Å². The van der Waals surface area contributed by atoms with E-state index in [1.54, 1.807) is 12.1 Å². The fraction of sp³-hybridized carbons (Fsp3) is 0.0909. The monoisotopic (exact) mass is 255 g/mol. The van der Waals surface area contributed by atoms with Gasteiger partial charge in [-0.15, -0.1) is 11.3 Å². The number of carbonyl (C=O) groups is 1. The Morgan fingerprint density at radius 1 is 1.38 bits per heavy atom. The summed E-state index contributed by atoms with van der Waals surface area (Å²) in [5, 5.41) is 0.826. The number of benzene rings is 1. The fourth-order valence-corrected chi connectivity index (χ4v) is 2.48. The summed E-state index contributed by atoms with van der Waals surface area (Å²) < 4.78 is 12.7. The number of rotatable bonds is 2. The predicted molar refractivity (Wildman–Crippen MR) is 62.5 cm³/mol. The molecule has 82 valence electrons. The maximum absolute atomic E-state index is 12.7. The van der Waals surface area contributed by atoms with Gasteiger partial charge in [0, 0.05) is 12.5 Å². The number of hydrogen-bond donors (Lipinski definition) is 0. The minimum absolute atomic E-state index is 0.115. The van der Waals surface area contributed by atoms with Gasteiger partial charge in [0.1, 0.15) is 15.7 Å². The fourth-order valence-electron chi connectivity index (χ4n) is 1.23. The van der Waals surface area contributed by atoms with Gasteiger partial charge in [0.15, 0.2) is 10.9 Å². The molecule has 0 saturated heterocycles. The third-order valence-corrected chi connectivity index (χ3v) is 3.59. The molecule has 0 aliphatic carbocycles. The average Bonchev–Trinajstić information content (AvgIpc) is 2.61. The molecule has 0 saturated carbocycles. The summed E-state index contributed by atoms with van der Waals surface area (Å²) in [6.07, 6.45) is 0. The molecular formula is C11H7ClFNOS. The number of halogens is 2. The molecule has 0 atom stereocenters. The number of hydrogen-bond acceptors (Lipinski definition) is 3. The average molecular weight is 256 g/mol. The topological polar surface area (TPSA) is 30.0 Å². The van der Waals surface area contributed by atoms with Crippen LogP contribution in [0.4, 0.5) is 4.39 Å². The minimum Gasteiger partial charge on any atom is -0.293 e. The summed E-state index contributed by atoms with van der Waals surface area (Å²) in [5.74, 6) is -0.422. The van der Waals surface area contributed by atoms with E-state index in [0.717, 1.165) is 5.56 Å². The van der Waals surface area contributed by atoms with Gasteiger partial charge in [-0.05, 0) is 24.3 Å². The van der Waals surface area contributed by atoms with Crippen LogP contribution in [-0.2, 0) is 0 Å². The third-order valence-electron chi connectivity index (χ3n) is 2.00. The van der Waals surface area contributed by atoms with Crippen molar-refractivity contribution in [1.82, 2.24) is 4.98 Å². The number of Topliss-reactive ketones (excluding diaryl/α,β-unsaturated/α-hetero) is 1. The first kappa shape index (κ1) is 11.2. The Kier molecular flexibility index (Phi) is 3.03. The van der Waals surface area contributed by atoms with E-state index in [-0.39, 0.29) is 16.8 Å². The molecule has 1 heterocycles. The van der Waals surface area contributed by atoms with Gasteiger partial charge >= 0.3 is 0 Å². The molecule has 2 rings (SSSR count). The molecule has 0 bridgehead atoms. The highest BCUT2D eigenvalue weighted by Gasteiger charge is 2.14. The molecule has 0 amide bonds. The van der Waals surface area contributed by atoms with Gasteiger partial charge in [0.05, 0.1) is 0 Å². The molecule has 2 nitrogen and oxygen atoms in total. The van der Waals surface area contributed by atoms with Crippen molar-refractivity contribution < 1.29 is 9.18 Å². The van der Waals surface area contributed by atoms with Gasteiger partial charge in [-0.25, -0.2) is 9.37 Å². The van der Waals surface area contributed by atoms with E-state index in [4.69, 9.17) is 11.6 Å². The van der Waals surface area contributed by atoms with Crippen LogP contribution in [0.1, 0.15) is 16.6 Å². The minimum atomic E-state index is -0.307. The van der Waals surface area contributed by atoms with Crippen LogP contribution in [0.25, 0.3) is 10.6 Å². The van der Waals surface area contributed by atoms with Crippen molar-refractivity contribution in [2.75, 3.05) is 0 Å². The molecule has 0 fully saturated rings. The lowest BCUT2D eigenvalue weighted by Gasteiger charge is -1.94. The number of aromatic nitrogens is 1. The van der Waals surface area contributed by atoms with Crippen molar-refractivity contribution in [2.45, 2.75) is 6.92 Å². The molecular weight excluding hydrogens is 249 g/mol. The lowest BCUT2D eigenvalue weighted by atomic mass is 10.2. The maximum Gasteiger partial charge on any atom is 0.172 e. The summed E-state index contributed by atoms with van der Waals surface area (Å²) in [7, 11) is 0. The molecule has 0 unspecified atom stereocenters. The van der Waals surface area contributed by atoms with Crippen molar-refractivity contribution >= 4 is 28.7 Å². The smallest absolute Gasteiger partial charge is 0.172 e. The Balaban J connectivity index is 2.45. The molecule has 2 aromatic rings. The van der Waals surface area contributed by atoms with E-state index in [0.29, 0.717) is 9.88 Å². The van der Waals surface area contributed by atoms with E-state index in [9.17, 15) is 9.18 Å². The number of nitrogens with zero attached hydrogens (tertiary/aromatic N) is 1. The van der Waals surface area contributed by atoms with E-state index in [1.165, 1.54) is 30.4 Å². The van der Waals surface area contributed by atoms with Crippen LogP contribution in [0.3, 0.4) is 0 Å². The molecule has 0 aliphatic heterocycles. The van der Waals surface area contributed by atoms with Gasteiger partial charge in [0.2, 0.25) is 0 Å². The first-order valence-corrected chi connectivity index (χ1v) is 5.70. The summed E-state index contributed by atoms with van der Waals surface area (Å²) in [6.45, 7) is 1.44. The summed E-state index contributed by atoms with van der Waals surface area (Å²) in [6, 6.07) is 5.90. The zero-order chi connectivity index (χ0) is 11.7. The molecule has 16 heavy (non-hydrogen) atoms. The molecule has 0 radical (unpaired) electrons. The van der Waals surface area contributed by atoms with Crippen LogP contribution in [0.2, 0.25) is 5.15 Å². The Bertz CT molecular complexity index is 535. The molecule has 5 heteroatoms. The summed E-state index contributed by atoms with van der Waals surface area (Å²) in [4.78, 5) is 15.7. The Morgan fingerprint density at radius 2 is 2.00 bits per heavy atom. The van der Waals surface area contributed by atoms with Crippen molar-refractivity contribution in [2.24, 2.45) is 0 Å². The van der Waals surface area contributed by atoms with Crippen LogP contribution in [0, 0.1) is 5.82 Å². The quantitative estimate of drug-likeness (QED) is 0.764. The van der Waals surface area contributed by atoms with Crippen molar-refractivity contribution in [1.29, 1.82) is 0 Å². The first-order valence-electron chi connectivity index (χ1n) is 4.51. The van der Waals surface area contributed by atoms with E-state index >= 15 is 0 Å². The Morgan fingerprint density at radius 3 is 2.50 bits per heavy atom. The number of carbonyl (C=O) groups excluding carboxylic acids is 1. The van der Waals surface area contributed by atoms with Gasteiger partial charge in [-0.2, -0.15) is 0 Å². The van der Waals surface area contributed by atoms with Gasteiger partial charge in [-0.1, -0.05) is 11.6 Å². The number of ketones is 1. The van der Waals surface area contributed by atoms with Crippen LogP contribution in [-0.4, -0.2) is 10.8 Å². The lowest BCUT2D eigenvalue weighted by molar-refractivity contribution is 0.102. The SMILES string of the molecule is CC(=O)c1sc(-c2ccc(F)cc2)nc1Cl. The van der Waals surface area contributed by atoms with Crippen LogP contribution in [0.5, 0.6) is 0 Å². The highest BCUT2D eigenvalue weighted by molar-refractivity contribution is 7.17. The summed E-state index contributed by atoms with van der Waals surface area (Å²) in [5.41, 5.74) is 0.751. The molecule has 0 aliphatic rings. The van der Waals surface area contributed by atoms with Crippen molar-refractivity contribution in [3.63, 3.8) is 0 Å². The molecule has 0 spiro atoms. The van der Waals surface area contributed by atoms with Crippen molar-refractivity contribution in [3.8, 4) is 10.6 Å². The van der Waals surface area contributed by atoms with E-state index in [1.807, 2.05) is 0 Å². The van der Waals surface area contributed by atoms with Crippen LogP contribution in [0.15, 0.2) is 24.3 Å². The molecule has 1 aromatic carbocycles. The first-order chi connectivity index (χ1) is 7.58. The molecule has 0 N–H and O–H groups in total. The second-order valence-corrected chi connectivity index (χ2v) is 4.56. The normalized spacial score (nSPS) is 10.4. The summed E-state index contributed by atoms with van der Waals surface area (Å²) >= 11 is 7.04. The Hall–Kier alpha value is -1.26. The van der Waals surface area contributed by atoms with E-state index in [2.05, 4.69) is 4.98 Å². The highest BCUT2D eigenvalue weighted by atomic mass is 35.5. The third kappa shape index (κ3) is 2.13. The largest absolute Gasteiger partial charge is 0.293 e. The highest BCUT2D eigenvalue weighted by Crippen LogP contribution is 2.31. The van der Waals surface area contributed by atoms with Crippen LogP contribution < -0.4 is 0 Å². The zero-order valence-electron chi connectivity index (χ0n) is 8.33.